The van der Waals surface area contributed by atoms with Gasteiger partial charge in [-0.25, -0.2) is 9.07 Å². The minimum Gasteiger partial charge on any atom is -0.282 e. The summed E-state index contributed by atoms with van der Waals surface area (Å²) < 4.78 is 16.0. The van der Waals surface area contributed by atoms with Crippen LogP contribution in [0.25, 0.3) is 5.69 Å². The van der Waals surface area contributed by atoms with E-state index in [1.54, 1.807) is 11.7 Å². The number of aromatic nitrogens is 2. The quantitative estimate of drug-likeness (QED) is 0.774. The van der Waals surface area contributed by atoms with Gasteiger partial charge >= 0.3 is 0 Å². The van der Waals surface area contributed by atoms with E-state index in [0.29, 0.717) is 11.4 Å². The van der Waals surface area contributed by atoms with Gasteiger partial charge in [-0.3, -0.25) is 9.48 Å². The van der Waals surface area contributed by atoms with Crippen molar-refractivity contribution >= 4 is 27.5 Å². The van der Waals surface area contributed by atoms with Crippen LogP contribution in [0, 0.1) is 5.82 Å². The summed E-state index contributed by atoms with van der Waals surface area (Å²) in [5.41, 5.74) is 0.947. The molecule has 1 aromatic carbocycles. The average molecular weight is 334 g/mol. The predicted octanol–water partition coefficient (Wildman–Crippen LogP) is 3.42. The van der Waals surface area contributed by atoms with Crippen LogP contribution in [-0.2, 0) is 7.05 Å². The maximum Gasteiger partial charge on any atom is 0.290 e. The maximum atomic E-state index is 12.9. The van der Waals surface area contributed by atoms with Crippen LogP contribution in [0.3, 0.4) is 0 Å². The highest BCUT2D eigenvalue weighted by Gasteiger charge is 2.20. The first kappa shape index (κ1) is 13.4. The Morgan fingerprint density at radius 2 is 1.89 bits per heavy atom. The highest BCUT2D eigenvalue weighted by molar-refractivity contribution is 9.09. The number of hydrogen-bond acceptors (Lipinski definition) is 1. The van der Waals surface area contributed by atoms with E-state index in [1.165, 1.54) is 28.9 Å². The van der Waals surface area contributed by atoms with E-state index in [4.69, 9.17) is 11.6 Å². The zero-order chi connectivity index (χ0) is 13.4. The van der Waals surface area contributed by atoms with E-state index in [-0.39, 0.29) is 21.2 Å². The molecule has 0 fully saturated rings. The number of alkyl halides is 1. The second-order valence-electron chi connectivity index (χ2n) is 3.93. The van der Waals surface area contributed by atoms with Crippen molar-refractivity contribution in [3.05, 3.63) is 51.2 Å². The van der Waals surface area contributed by atoms with Crippen molar-refractivity contribution in [2.24, 2.45) is 7.05 Å². The summed E-state index contributed by atoms with van der Waals surface area (Å²) in [5.74, 6) is -0.346. The minimum atomic E-state index is -0.346. The Bertz CT molecular complexity index is 631. The third kappa shape index (κ3) is 2.12. The molecule has 2 aromatic rings. The normalized spacial score (nSPS) is 12.7. The van der Waals surface area contributed by atoms with Gasteiger partial charge in [0.05, 0.1) is 16.2 Å². The van der Waals surface area contributed by atoms with Crippen LogP contribution in [-0.4, -0.2) is 9.36 Å². The molecule has 6 heteroatoms. The molecule has 0 amide bonds. The van der Waals surface area contributed by atoms with Crippen LogP contribution in [0.1, 0.15) is 17.4 Å². The second-order valence-corrected chi connectivity index (χ2v) is 5.68. The molecule has 0 spiro atoms. The van der Waals surface area contributed by atoms with E-state index >= 15 is 0 Å². The average Bonchev–Trinajstić information content (AvgIpc) is 2.52. The molecule has 1 heterocycles. The van der Waals surface area contributed by atoms with Crippen molar-refractivity contribution in [2.45, 2.75) is 11.8 Å². The number of nitrogens with zero attached hydrogens (tertiary/aromatic N) is 2. The fourth-order valence-corrected chi connectivity index (χ4v) is 2.92. The molecule has 3 nitrogen and oxygen atoms in total. The largest absolute Gasteiger partial charge is 0.290 e. The summed E-state index contributed by atoms with van der Waals surface area (Å²) in [5, 5.41) is 0.172. The van der Waals surface area contributed by atoms with E-state index in [2.05, 4.69) is 15.9 Å². The second kappa shape index (κ2) is 4.90. The summed E-state index contributed by atoms with van der Waals surface area (Å²) >= 11 is 9.44. The first-order valence-electron chi connectivity index (χ1n) is 5.31. The smallest absolute Gasteiger partial charge is 0.282 e. The molecular formula is C12H11BrClFN2O. The fraction of sp³-hybridized carbons (Fsp3) is 0.250. The molecule has 0 aliphatic heterocycles. The molecule has 0 radical (unpaired) electrons. The van der Waals surface area contributed by atoms with Crippen LogP contribution in [0.2, 0.25) is 5.02 Å². The summed E-state index contributed by atoms with van der Waals surface area (Å²) in [4.78, 5) is 12.0. The molecule has 0 saturated heterocycles. The molecule has 96 valence electrons. The van der Waals surface area contributed by atoms with Gasteiger partial charge < -0.3 is 0 Å². The van der Waals surface area contributed by atoms with Crippen molar-refractivity contribution in [3.8, 4) is 5.69 Å². The standard InChI is InChI=1S/C12H11BrClFN2O/c1-7(13)11-10(14)12(18)17(16(11)2)9-5-3-8(15)4-6-9/h3-7H,1-2H3. The first-order chi connectivity index (χ1) is 8.43. The van der Waals surface area contributed by atoms with Gasteiger partial charge in [0, 0.05) is 7.05 Å². The highest BCUT2D eigenvalue weighted by Crippen LogP contribution is 2.27. The van der Waals surface area contributed by atoms with Crippen LogP contribution < -0.4 is 5.56 Å². The number of benzene rings is 1. The van der Waals surface area contributed by atoms with Gasteiger partial charge in [0.15, 0.2) is 0 Å². The van der Waals surface area contributed by atoms with Gasteiger partial charge in [-0.2, -0.15) is 0 Å². The molecule has 0 bridgehead atoms. The molecule has 0 aliphatic rings. The lowest BCUT2D eigenvalue weighted by molar-refractivity contribution is 0.609. The van der Waals surface area contributed by atoms with Gasteiger partial charge in [0.1, 0.15) is 10.8 Å². The van der Waals surface area contributed by atoms with Crippen molar-refractivity contribution < 1.29 is 4.39 Å². The lowest BCUT2D eigenvalue weighted by Gasteiger charge is -2.11. The molecule has 0 saturated carbocycles. The monoisotopic (exact) mass is 332 g/mol. The molecule has 0 N–H and O–H groups in total. The maximum absolute atomic E-state index is 12.9. The summed E-state index contributed by atoms with van der Waals surface area (Å²) in [7, 11) is 1.74. The first-order valence-corrected chi connectivity index (χ1v) is 6.60. The summed E-state index contributed by atoms with van der Waals surface area (Å²) in [6.07, 6.45) is 0. The molecule has 1 atom stereocenters. The molecular weight excluding hydrogens is 323 g/mol. The van der Waals surface area contributed by atoms with Crippen LogP contribution in [0.15, 0.2) is 29.1 Å². The molecule has 1 unspecified atom stereocenters. The minimum absolute atomic E-state index is 0.0515. The highest BCUT2D eigenvalue weighted by atomic mass is 79.9. The van der Waals surface area contributed by atoms with Crippen molar-refractivity contribution in [1.29, 1.82) is 0 Å². The predicted molar refractivity (Wildman–Crippen MR) is 73.3 cm³/mol. The van der Waals surface area contributed by atoms with Crippen molar-refractivity contribution in [1.82, 2.24) is 9.36 Å². The van der Waals surface area contributed by atoms with E-state index in [9.17, 15) is 9.18 Å². The molecule has 2 rings (SSSR count). The van der Waals surface area contributed by atoms with Gasteiger partial charge in [0.25, 0.3) is 5.56 Å². The van der Waals surface area contributed by atoms with E-state index in [1.807, 2.05) is 6.92 Å². The zero-order valence-corrected chi connectivity index (χ0v) is 12.2. The van der Waals surface area contributed by atoms with E-state index in [0.717, 1.165) is 0 Å². The van der Waals surface area contributed by atoms with Gasteiger partial charge in [-0.15, -0.1) is 0 Å². The Kier molecular flexibility index (Phi) is 3.64. The lowest BCUT2D eigenvalue weighted by Crippen LogP contribution is -2.19. The SMILES string of the molecule is CC(Br)c1c(Cl)c(=O)n(-c2ccc(F)cc2)n1C. The number of hydrogen-bond donors (Lipinski definition) is 0. The Balaban J connectivity index is 2.69. The Hall–Kier alpha value is -1.07. The van der Waals surface area contributed by atoms with Crippen LogP contribution in [0.4, 0.5) is 4.39 Å². The topological polar surface area (TPSA) is 26.9 Å². The Morgan fingerprint density at radius 1 is 1.33 bits per heavy atom. The Morgan fingerprint density at radius 3 is 2.33 bits per heavy atom. The van der Waals surface area contributed by atoms with Gasteiger partial charge in [0.2, 0.25) is 0 Å². The number of rotatable bonds is 2. The van der Waals surface area contributed by atoms with Gasteiger partial charge in [-0.05, 0) is 31.2 Å². The van der Waals surface area contributed by atoms with E-state index < -0.39 is 0 Å². The number of halogens is 3. The zero-order valence-electron chi connectivity index (χ0n) is 9.82. The van der Waals surface area contributed by atoms with Crippen LogP contribution in [0.5, 0.6) is 0 Å². The third-order valence-corrected chi connectivity index (χ3v) is 3.49. The summed E-state index contributed by atoms with van der Waals surface area (Å²) in [6.45, 7) is 1.88. The molecule has 18 heavy (non-hydrogen) atoms. The fourth-order valence-electron chi connectivity index (χ4n) is 1.89. The van der Waals surface area contributed by atoms with Crippen LogP contribution >= 0.6 is 27.5 Å². The lowest BCUT2D eigenvalue weighted by atomic mass is 10.3. The summed E-state index contributed by atoms with van der Waals surface area (Å²) in [6, 6.07) is 5.69. The Labute approximate surface area is 117 Å². The molecule has 1 aromatic heterocycles. The molecule has 0 aliphatic carbocycles. The van der Waals surface area contributed by atoms with Crippen molar-refractivity contribution in [3.63, 3.8) is 0 Å². The van der Waals surface area contributed by atoms with Gasteiger partial charge in [-0.1, -0.05) is 27.5 Å². The third-order valence-electron chi connectivity index (χ3n) is 2.70. The van der Waals surface area contributed by atoms with Crippen molar-refractivity contribution in [2.75, 3.05) is 0 Å².